The smallest absolute Gasteiger partial charge is 0.191 e. The molecule has 27 heavy (non-hydrogen) atoms. The van der Waals surface area contributed by atoms with E-state index >= 15 is 0 Å². The van der Waals surface area contributed by atoms with E-state index in [1.807, 2.05) is 0 Å². The van der Waals surface area contributed by atoms with Crippen LogP contribution in [0.5, 0.6) is 5.75 Å². The molecule has 3 rings (SSSR count). The predicted octanol–water partition coefficient (Wildman–Crippen LogP) is 6.06. The van der Waals surface area contributed by atoms with Gasteiger partial charge in [0.15, 0.2) is 11.6 Å². The number of aromatic nitrogens is 3. The summed E-state index contributed by atoms with van der Waals surface area (Å²) in [5.74, 6) is 1.12. The summed E-state index contributed by atoms with van der Waals surface area (Å²) in [6.07, 6.45) is 1.59. The highest BCUT2D eigenvalue weighted by Gasteiger charge is 2.11. The molecule has 0 aliphatic carbocycles. The summed E-state index contributed by atoms with van der Waals surface area (Å²) in [5, 5.41) is 18.0. The summed E-state index contributed by atoms with van der Waals surface area (Å²) in [4.78, 5) is 4.27. The lowest BCUT2D eigenvalue weighted by Crippen LogP contribution is -1.98. The van der Waals surface area contributed by atoms with Crippen LogP contribution in [-0.2, 0) is 6.61 Å². The van der Waals surface area contributed by atoms with Crippen LogP contribution in [0.1, 0.15) is 17.2 Å². The lowest BCUT2D eigenvalue weighted by atomic mass is 10.1. The van der Waals surface area contributed by atoms with Gasteiger partial charge >= 0.3 is 0 Å². The summed E-state index contributed by atoms with van der Waals surface area (Å²) >= 11 is 23.9. The Morgan fingerprint density at radius 2 is 1.78 bits per heavy atom. The van der Waals surface area contributed by atoms with Crippen molar-refractivity contribution in [1.82, 2.24) is 15.2 Å². The number of rotatable bonds is 5. The van der Waals surface area contributed by atoms with Crippen LogP contribution in [0.4, 0.5) is 0 Å². The number of nitrogens with zero attached hydrogens (tertiary/aromatic N) is 3. The summed E-state index contributed by atoms with van der Waals surface area (Å²) in [6, 6.07) is 12.0. The third kappa shape index (κ3) is 4.94. The van der Waals surface area contributed by atoms with Crippen molar-refractivity contribution in [3.63, 3.8) is 0 Å². The highest BCUT2D eigenvalue weighted by atomic mass is 35.5. The molecular weight excluding hydrogens is 430 g/mol. The van der Waals surface area contributed by atoms with E-state index in [0.29, 0.717) is 37.2 Å². The summed E-state index contributed by atoms with van der Waals surface area (Å²) in [7, 11) is 0. The van der Waals surface area contributed by atoms with Gasteiger partial charge in [-0.3, -0.25) is 5.10 Å². The molecular formula is C18H10Cl4N4O. The number of H-pyrrole nitrogens is 1. The Labute approximate surface area is 175 Å². The maximum absolute atomic E-state index is 9.42. The second-order valence-electron chi connectivity index (χ2n) is 5.30. The third-order valence-corrected chi connectivity index (χ3v) is 4.51. The molecule has 0 spiro atoms. The number of hydrogen-bond donors (Lipinski definition) is 1. The molecule has 1 N–H and O–H groups in total. The number of nitriles is 1. The van der Waals surface area contributed by atoms with Crippen molar-refractivity contribution in [2.45, 2.75) is 6.61 Å². The fraction of sp³-hybridized carbons (Fsp3) is 0.0556. The van der Waals surface area contributed by atoms with Gasteiger partial charge in [-0.05, 0) is 42.0 Å². The SMILES string of the molecule is N#CC(=Cc1ccc(Cl)cc1Cl)c1n[nH]c(COc2ccc(Cl)cc2Cl)n1. The van der Waals surface area contributed by atoms with Gasteiger partial charge in [0.1, 0.15) is 18.4 Å². The first-order chi connectivity index (χ1) is 13.0. The average molecular weight is 440 g/mol. The zero-order chi connectivity index (χ0) is 19.4. The molecule has 3 aromatic rings. The Morgan fingerprint density at radius 1 is 1.07 bits per heavy atom. The molecule has 0 radical (unpaired) electrons. The Hall–Kier alpha value is -2.23. The Kier molecular flexibility index (Phi) is 6.25. The van der Waals surface area contributed by atoms with Crippen LogP contribution in [0, 0.1) is 11.3 Å². The van der Waals surface area contributed by atoms with Crippen molar-refractivity contribution in [1.29, 1.82) is 5.26 Å². The van der Waals surface area contributed by atoms with Crippen molar-refractivity contribution < 1.29 is 4.74 Å². The molecule has 1 heterocycles. The standard InChI is InChI=1S/C18H10Cl4N4O/c19-12-2-1-10(14(21)6-12)5-11(8-23)18-24-17(25-26-18)9-27-16-4-3-13(20)7-15(16)22/h1-7H,9H2,(H,24,25,26). The Morgan fingerprint density at radius 3 is 2.44 bits per heavy atom. The predicted molar refractivity (Wildman–Crippen MR) is 107 cm³/mol. The van der Waals surface area contributed by atoms with E-state index < -0.39 is 0 Å². The number of allylic oxidation sites excluding steroid dienone is 1. The van der Waals surface area contributed by atoms with Crippen LogP contribution in [0.2, 0.25) is 20.1 Å². The molecule has 0 fully saturated rings. The van der Waals surface area contributed by atoms with E-state index in [2.05, 4.69) is 21.3 Å². The Balaban J connectivity index is 1.77. The molecule has 0 saturated carbocycles. The number of hydrogen-bond acceptors (Lipinski definition) is 4. The molecule has 0 bridgehead atoms. The van der Waals surface area contributed by atoms with Crippen molar-refractivity contribution in [2.24, 2.45) is 0 Å². The number of benzene rings is 2. The van der Waals surface area contributed by atoms with E-state index in [9.17, 15) is 5.26 Å². The van der Waals surface area contributed by atoms with Crippen LogP contribution in [0.15, 0.2) is 36.4 Å². The normalized spacial score (nSPS) is 11.3. The van der Waals surface area contributed by atoms with Crippen molar-refractivity contribution in [3.8, 4) is 11.8 Å². The van der Waals surface area contributed by atoms with E-state index in [1.54, 1.807) is 42.5 Å². The molecule has 0 aliphatic heterocycles. The minimum Gasteiger partial charge on any atom is -0.484 e. The van der Waals surface area contributed by atoms with Crippen molar-refractivity contribution in [2.75, 3.05) is 0 Å². The number of nitrogens with one attached hydrogen (secondary N) is 1. The highest BCUT2D eigenvalue weighted by Crippen LogP contribution is 2.28. The van der Waals surface area contributed by atoms with E-state index in [1.165, 1.54) is 0 Å². The first kappa shape index (κ1) is 19.5. The summed E-state index contributed by atoms with van der Waals surface area (Å²) < 4.78 is 5.59. The quantitative estimate of drug-likeness (QED) is 0.490. The lowest BCUT2D eigenvalue weighted by Gasteiger charge is -2.05. The third-order valence-electron chi connectivity index (χ3n) is 3.41. The fourth-order valence-corrected chi connectivity index (χ4v) is 3.07. The molecule has 0 aliphatic rings. The molecule has 9 heteroatoms. The van der Waals surface area contributed by atoms with Gasteiger partial charge < -0.3 is 4.74 Å². The minimum absolute atomic E-state index is 0.0920. The first-order valence-corrected chi connectivity index (χ1v) is 9.04. The van der Waals surface area contributed by atoms with Crippen LogP contribution < -0.4 is 4.74 Å². The molecule has 0 atom stereocenters. The monoisotopic (exact) mass is 438 g/mol. The summed E-state index contributed by atoms with van der Waals surface area (Å²) in [5.41, 5.74) is 0.874. The maximum atomic E-state index is 9.42. The molecule has 2 aromatic carbocycles. The van der Waals surface area contributed by atoms with Crippen molar-refractivity contribution >= 4 is 58.1 Å². The summed E-state index contributed by atoms with van der Waals surface area (Å²) in [6.45, 7) is 0.0920. The second-order valence-corrected chi connectivity index (χ2v) is 6.99. The topological polar surface area (TPSA) is 74.6 Å². The van der Waals surface area contributed by atoms with Gasteiger partial charge in [-0.2, -0.15) is 10.4 Å². The van der Waals surface area contributed by atoms with Crippen LogP contribution in [0.3, 0.4) is 0 Å². The molecule has 0 amide bonds. The van der Waals surface area contributed by atoms with E-state index in [4.69, 9.17) is 51.1 Å². The largest absolute Gasteiger partial charge is 0.484 e. The van der Waals surface area contributed by atoms with Crippen LogP contribution in [0.25, 0.3) is 11.6 Å². The van der Waals surface area contributed by atoms with Gasteiger partial charge in [-0.1, -0.05) is 52.5 Å². The molecule has 0 saturated heterocycles. The number of aromatic amines is 1. The lowest BCUT2D eigenvalue weighted by molar-refractivity contribution is 0.296. The van der Waals surface area contributed by atoms with Gasteiger partial charge in [0.2, 0.25) is 0 Å². The number of ether oxygens (including phenoxy) is 1. The molecule has 0 unspecified atom stereocenters. The maximum Gasteiger partial charge on any atom is 0.191 e. The number of halogens is 4. The van der Waals surface area contributed by atoms with Gasteiger partial charge in [0.05, 0.1) is 10.6 Å². The van der Waals surface area contributed by atoms with Gasteiger partial charge in [0, 0.05) is 15.1 Å². The van der Waals surface area contributed by atoms with Gasteiger partial charge in [-0.15, -0.1) is 0 Å². The van der Waals surface area contributed by atoms with Gasteiger partial charge in [0.25, 0.3) is 0 Å². The van der Waals surface area contributed by atoms with E-state index in [-0.39, 0.29) is 18.0 Å². The fourth-order valence-electron chi connectivity index (χ4n) is 2.14. The zero-order valence-corrected chi connectivity index (χ0v) is 16.5. The van der Waals surface area contributed by atoms with Gasteiger partial charge in [-0.25, -0.2) is 4.98 Å². The highest BCUT2D eigenvalue weighted by molar-refractivity contribution is 6.36. The zero-order valence-electron chi connectivity index (χ0n) is 13.5. The molecule has 136 valence electrons. The van der Waals surface area contributed by atoms with Crippen LogP contribution >= 0.6 is 46.4 Å². The van der Waals surface area contributed by atoms with E-state index in [0.717, 1.165) is 0 Å². The average Bonchev–Trinajstić information content (AvgIpc) is 3.09. The molecule has 5 nitrogen and oxygen atoms in total. The van der Waals surface area contributed by atoms with Crippen molar-refractivity contribution in [3.05, 3.63) is 73.7 Å². The second kappa shape index (κ2) is 8.64. The minimum atomic E-state index is 0.0920. The first-order valence-electron chi connectivity index (χ1n) is 7.52. The van der Waals surface area contributed by atoms with Crippen LogP contribution in [-0.4, -0.2) is 15.2 Å². The Bertz CT molecular complexity index is 1060. The molecule has 1 aromatic heterocycles.